The summed E-state index contributed by atoms with van der Waals surface area (Å²) in [7, 11) is 0. The van der Waals surface area contributed by atoms with Crippen molar-refractivity contribution in [2.45, 2.75) is 19.3 Å². The number of carbonyl (C=O) groups is 1. The van der Waals surface area contributed by atoms with E-state index in [0.29, 0.717) is 44.0 Å². The number of rotatable bonds is 5. The molecule has 1 aliphatic rings. The number of halogens is 2. The Bertz CT molecular complexity index is 1570. The van der Waals surface area contributed by atoms with Gasteiger partial charge in [0.2, 0.25) is 5.89 Å². The zero-order valence-electron chi connectivity index (χ0n) is 19.9. The number of piperidine rings is 1. The number of aromatic nitrogens is 1. The van der Waals surface area contributed by atoms with Gasteiger partial charge < -0.3 is 14.6 Å². The van der Waals surface area contributed by atoms with Crippen molar-refractivity contribution in [1.82, 2.24) is 10.3 Å². The molecule has 1 saturated heterocycles. The van der Waals surface area contributed by atoms with Crippen LogP contribution in [-0.2, 0) is 0 Å². The molecule has 1 fully saturated rings. The van der Waals surface area contributed by atoms with Crippen molar-refractivity contribution in [3.05, 3.63) is 80.3 Å². The number of carbonyl (C=O) groups excluding carboxylic acids is 1. The summed E-state index contributed by atoms with van der Waals surface area (Å²) in [5.41, 5.74) is 2.73. The number of amides is 1. The van der Waals surface area contributed by atoms with E-state index in [1.165, 1.54) is 6.07 Å². The third kappa shape index (κ3) is 5.57. The lowest BCUT2D eigenvalue weighted by Crippen LogP contribution is -2.34. The van der Waals surface area contributed by atoms with Crippen LogP contribution in [0.4, 0.5) is 17.1 Å². The van der Waals surface area contributed by atoms with Crippen LogP contribution < -0.4 is 15.5 Å². The number of nitrogens with zero attached hydrogens (tertiary/aromatic N) is 3. The molecule has 9 nitrogen and oxygen atoms in total. The van der Waals surface area contributed by atoms with Gasteiger partial charge in [-0.1, -0.05) is 29.3 Å². The summed E-state index contributed by atoms with van der Waals surface area (Å²) in [6.45, 7) is 1.51. The molecule has 12 heteroatoms. The van der Waals surface area contributed by atoms with E-state index >= 15 is 0 Å². The van der Waals surface area contributed by atoms with Gasteiger partial charge >= 0.3 is 0 Å². The highest BCUT2D eigenvalue weighted by atomic mass is 35.5. The molecule has 0 spiro atoms. The number of oxazole rings is 1. The Morgan fingerprint density at radius 2 is 1.87 bits per heavy atom. The molecule has 4 aromatic rings. The van der Waals surface area contributed by atoms with E-state index in [9.17, 15) is 14.9 Å². The predicted molar refractivity (Wildman–Crippen MR) is 152 cm³/mol. The van der Waals surface area contributed by atoms with Crippen molar-refractivity contribution >= 4 is 74.6 Å². The number of hydrogen-bond acceptors (Lipinski definition) is 7. The standard InChI is InChI=1S/C26H21Cl2N5O4S/c27-17-13-19(28)23-20(14-17)30-25(37-23)16-5-4-6-18(11-16)29-26(38)31-24(34)15-7-8-21(22(12-15)33(35)36)32-9-2-1-3-10-32/h4-8,11-14H,1-3,9-10H2,(H2,29,31,34,38). The summed E-state index contributed by atoms with van der Waals surface area (Å²) in [5.74, 6) is -0.221. The van der Waals surface area contributed by atoms with Crippen LogP contribution >= 0.6 is 35.4 Å². The number of nitro benzene ring substituents is 1. The molecule has 5 rings (SSSR count). The molecule has 2 N–H and O–H groups in total. The Balaban J connectivity index is 1.29. The van der Waals surface area contributed by atoms with E-state index in [1.807, 2.05) is 4.90 Å². The fourth-order valence-corrected chi connectivity index (χ4v) is 5.10. The topological polar surface area (TPSA) is 114 Å². The molecule has 0 bridgehead atoms. The van der Waals surface area contributed by atoms with Crippen molar-refractivity contribution in [1.29, 1.82) is 0 Å². The van der Waals surface area contributed by atoms with E-state index in [4.69, 9.17) is 39.8 Å². The first-order chi connectivity index (χ1) is 18.3. The Hall–Kier alpha value is -3.73. The minimum Gasteiger partial charge on any atom is -0.435 e. The first-order valence-electron chi connectivity index (χ1n) is 11.8. The largest absolute Gasteiger partial charge is 0.435 e. The van der Waals surface area contributed by atoms with Gasteiger partial charge in [-0.05, 0) is 73.9 Å². The fourth-order valence-electron chi connectivity index (χ4n) is 4.36. The Labute approximate surface area is 232 Å². The molecule has 1 amide bonds. The van der Waals surface area contributed by atoms with Crippen LogP contribution in [0.15, 0.2) is 59.0 Å². The molecule has 0 saturated carbocycles. The second-order valence-electron chi connectivity index (χ2n) is 8.75. The number of thiocarbonyl (C=S) groups is 1. The molecule has 38 heavy (non-hydrogen) atoms. The number of benzene rings is 3. The smallest absolute Gasteiger partial charge is 0.293 e. The van der Waals surface area contributed by atoms with Crippen LogP contribution in [0.3, 0.4) is 0 Å². The molecule has 194 valence electrons. The van der Waals surface area contributed by atoms with Crippen LogP contribution in [0, 0.1) is 10.1 Å². The molecule has 3 aromatic carbocycles. The van der Waals surface area contributed by atoms with Gasteiger partial charge in [0, 0.05) is 41.0 Å². The Morgan fingerprint density at radius 1 is 1.08 bits per heavy atom. The van der Waals surface area contributed by atoms with Crippen LogP contribution in [-0.4, -0.2) is 34.0 Å². The number of nitrogens with one attached hydrogen (secondary N) is 2. The summed E-state index contributed by atoms with van der Waals surface area (Å²) in [5, 5.41) is 18.1. The number of fused-ring (bicyclic) bond motifs is 1. The molecular formula is C26H21Cl2N5O4S. The van der Waals surface area contributed by atoms with E-state index in [-0.39, 0.29) is 16.4 Å². The molecule has 1 aromatic heterocycles. The SMILES string of the molecule is O=C(NC(=S)Nc1cccc(-c2nc3cc(Cl)cc(Cl)c3o2)c1)c1ccc(N2CCCCC2)c([N+](=O)[O-])c1. The second kappa shape index (κ2) is 10.9. The summed E-state index contributed by atoms with van der Waals surface area (Å²) in [4.78, 5) is 30.5. The summed E-state index contributed by atoms with van der Waals surface area (Å²) in [6.07, 6.45) is 3.07. The number of hydrogen-bond donors (Lipinski definition) is 2. The van der Waals surface area contributed by atoms with Gasteiger partial charge in [0.05, 0.1) is 9.95 Å². The van der Waals surface area contributed by atoms with Gasteiger partial charge in [0.1, 0.15) is 11.2 Å². The lowest BCUT2D eigenvalue weighted by molar-refractivity contribution is -0.384. The van der Waals surface area contributed by atoms with E-state index in [2.05, 4.69) is 15.6 Å². The minimum absolute atomic E-state index is 0.0299. The Morgan fingerprint density at radius 3 is 2.63 bits per heavy atom. The van der Waals surface area contributed by atoms with Crippen LogP contribution in [0.1, 0.15) is 29.6 Å². The minimum atomic E-state index is -0.558. The van der Waals surface area contributed by atoms with Crippen LogP contribution in [0.2, 0.25) is 10.0 Å². The molecule has 0 atom stereocenters. The maximum Gasteiger partial charge on any atom is 0.293 e. The molecule has 0 aliphatic carbocycles. The van der Waals surface area contributed by atoms with E-state index < -0.39 is 10.8 Å². The Kier molecular flexibility index (Phi) is 7.46. The third-order valence-corrected chi connectivity index (χ3v) is 6.84. The van der Waals surface area contributed by atoms with Crippen LogP contribution in [0.5, 0.6) is 0 Å². The monoisotopic (exact) mass is 569 g/mol. The number of anilines is 2. The van der Waals surface area contributed by atoms with E-state index in [0.717, 1.165) is 32.4 Å². The van der Waals surface area contributed by atoms with Crippen molar-refractivity contribution < 1.29 is 14.1 Å². The van der Waals surface area contributed by atoms with Crippen molar-refractivity contribution in [2.24, 2.45) is 0 Å². The molecular weight excluding hydrogens is 549 g/mol. The third-order valence-electron chi connectivity index (χ3n) is 6.14. The van der Waals surface area contributed by atoms with E-state index in [1.54, 1.807) is 48.5 Å². The summed E-state index contributed by atoms with van der Waals surface area (Å²) >= 11 is 17.6. The highest BCUT2D eigenvalue weighted by molar-refractivity contribution is 7.80. The lowest BCUT2D eigenvalue weighted by Gasteiger charge is -2.28. The molecule has 0 radical (unpaired) electrons. The zero-order chi connectivity index (χ0) is 26.8. The summed E-state index contributed by atoms with van der Waals surface area (Å²) in [6, 6.07) is 14.8. The average Bonchev–Trinajstić information content (AvgIpc) is 3.33. The maximum atomic E-state index is 12.8. The van der Waals surface area contributed by atoms with Gasteiger partial charge in [0.25, 0.3) is 11.6 Å². The van der Waals surface area contributed by atoms with Crippen molar-refractivity contribution in [2.75, 3.05) is 23.3 Å². The quantitative estimate of drug-likeness (QED) is 0.153. The first kappa shape index (κ1) is 25.9. The van der Waals surface area contributed by atoms with Gasteiger partial charge in [0.15, 0.2) is 10.7 Å². The molecule has 0 unspecified atom stereocenters. The lowest BCUT2D eigenvalue weighted by atomic mass is 10.1. The van der Waals surface area contributed by atoms with Crippen molar-refractivity contribution in [3.8, 4) is 11.5 Å². The fraction of sp³-hybridized carbons (Fsp3) is 0.192. The molecule has 2 heterocycles. The highest BCUT2D eigenvalue weighted by Gasteiger charge is 2.23. The van der Waals surface area contributed by atoms with Gasteiger partial charge in [-0.3, -0.25) is 20.2 Å². The second-order valence-corrected chi connectivity index (χ2v) is 10.0. The van der Waals surface area contributed by atoms with Gasteiger partial charge in [-0.15, -0.1) is 0 Å². The predicted octanol–water partition coefficient (Wildman–Crippen LogP) is 6.83. The first-order valence-corrected chi connectivity index (χ1v) is 13.0. The zero-order valence-corrected chi connectivity index (χ0v) is 22.2. The van der Waals surface area contributed by atoms with Crippen molar-refractivity contribution in [3.63, 3.8) is 0 Å². The van der Waals surface area contributed by atoms with Crippen LogP contribution in [0.25, 0.3) is 22.6 Å². The highest BCUT2D eigenvalue weighted by Crippen LogP contribution is 2.33. The normalized spacial score (nSPS) is 13.4. The van der Waals surface area contributed by atoms with Gasteiger partial charge in [-0.25, -0.2) is 4.98 Å². The van der Waals surface area contributed by atoms with Gasteiger partial charge in [-0.2, -0.15) is 0 Å². The molecule has 1 aliphatic heterocycles. The maximum absolute atomic E-state index is 12.8. The average molecular weight is 570 g/mol. The number of nitro groups is 1. The summed E-state index contributed by atoms with van der Waals surface area (Å²) < 4.78 is 5.82.